The maximum atomic E-state index is 12.6. The molecule has 1 aliphatic heterocycles. The van der Waals surface area contributed by atoms with E-state index in [1.54, 1.807) is 24.4 Å². The van der Waals surface area contributed by atoms with Gasteiger partial charge in [-0.2, -0.15) is 0 Å². The molecule has 2 aromatic rings. The summed E-state index contributed by atoms with van der Waals surface area (Å²) in [6, 6.07) is 10.1. The lowest BCUT2D eigenvalue weighted by Gasteiger charge is -2.21. The molecule has 1 atom stereocenters. The smallest absolute Gasteiger partial charge is 0.326 e. The number of ether oxygens (including phenoxy) is 1. The van der Waals surface area contributed by atoms with Crippen molar-refractivity contribution in [2.75, 3.05) is 6.54 Å². The fourth-order valence-electron chi connectivity index (χ4n) is 2.93. The van der Waals surface area contributed by atoms with Crippen LogP contribution in [0.15, 0.2) is 42.6 Å². The predicted molar refractivity (Wildman–Crippen MR) is 91.4 cm³/mol. The Morgan fingerprint density at radius 1 is 1.32 bits per heavy atom. The Balaban J connectivity index is 1.69. The molecule has 0 aliphatic carbocycles. The van der Waals surface area contributed by atoms with Crippen molar-refractivity contribution in [1.82, 2.24) is 9.88 Å². The van der Waals surface area contributed by atoms with Crippen LogP contribution in [0.4, 0.5) is 0 Å². The number of hydrogen-bond acceptors (Lipinski definition) is 4. The summed E-state index contributed by atoms with van der Waals surface area (Å²) < 4.78 is 5.69. The standard InChI is InChI=1S/C19H20N2O4/c1-13-7-8-16(11-20-13)25-12-14-4-2-5-15(10-14)18(22)21-9-3-6-17(21)19(23)24/h2,4-5,7-8,10-11,17H,3,6,9,12H2,1H3,(H,23,24)/t17-/m0/s1. The lowest BCUT2D eigenvalue weighted by Crippen LogP contribution is -2.40. The first-order chi connectivity index (χ1) is 12.0. The summed E-state index contributed by atoms with van der Waals surface area (Å²) in [6.45, 7) is 2.70. The van der Waals surface area contributed by atoms with Crippen LogP contribution in [0.25, 0.3) is 0 Å². The molecule has 1 aromatic carbocycles. The van der Waals surface area contributed by atoms with Crippen molar-refractivity contribution in [3.63, 3.8) is 0 Å². The Labute approximate surface area is 146 Å². The summed E-state index contributed by atoms with van der Waals surface area (Å²) in [5.74, 6) is -0.534. The van der Waals surface area contributed by atoms with E-state index in [-0.39, 0.29) is 5.91 Å². The van der Waals surface area contributed by atoms with Gasteiger partial charge >= 0.3 is 5.97 Å². The van der Waals surface area contributed by atoms with Gasteiger partial charge in [0, 0.05) is 17.8 Å². The third-order valence-corrected chi connectivity index (χ3v) is 4.26. The average molecular weight is 340 g/mol. The highest BCUT2D eigenvalue weighted by atomic mass is 16.5. The zero-order valence-electron chi connectivity index (χ0n) is 14.0. The lowest BCUT2D eigenvalue weighted by molar-refractivity contribution is -0.141. The molecule has 25 heavy (non-hydrogen) atoms. The number of carboxylic acids is 1. The number of carbonyl (C=O) groups is 2. The number of carbonyl (C=O) groups excluding carboxylic acids is 1. The Bertz CT molecular complexity index is 773. The van der Waals surface area contributed by atoms with Crippen molar-refractivity contribution in [3.8, 4) is 5.75 Å². The summed E-state index contributed by atoms with van der Waals surface area (Å²) in [5, 5.41) is 9.24. The molecule has 1 aromatic heterocycles. The number of aliphatic carboxylic acids is 1. The molecular weight excluding hydrogens is 320 g/mol. The molecule has 2 heterocycles. The van der Waals surface area contributed by atoms with Crippen LogP contribution < -0.4 is 4.74 Å². The van der Waals surface area contributed by atoms with Crippen LogP contribution in [0.3, 0.4) is 0 Å². The van der Waals surface area contributed by atoms with Crippen molar-refractivity contribution in [2.24, 2.45) is 0 Å². The molecule has 0 radical (unpaired) electrons. The second-order valence-electron chi connectivity index (χ2n) is 6.12. The molecule has 1 aliphatic rings. The number of likely N-dealkylation sites (tertiary alicyclic amines) is 1. The summed E-state index contributed by atoms with van der Waals surface area (Å²) in [4.78, 5) is 29.5. The highest BCUT2D eigenvalue weighted by Gasteiger charge is 2.34. The molecule has 1 fully saturated rings. The van der Waals surface area contributed by atoms with Crippen LogP contribution in [0, 0.1) is 6.92 Å². The molecule has 130 valence electrons. The summed E-state index contributed by atoms with van der Waals surface area (Å²) >= 11 is 0. The minimum absolute atomic E-state index is 0.247. The second-order valence-corrected chi connectivity index (χ2v) is 6.12. The van der Waals surface area contributed by atoms with E-state index in [0.717, 1.165) is 11.3 Å². The van der Waals surface area contributed by atoms with Gasteiger partial charge in [-0.3, -0.25) is 9.78 Å². The average Bonchev–Trinajstić information content (AvgIpc) is 3.11. The first-order valence-electron chi connectivity index (χ1n) is 8.23. The predicted octanol–water partition coefficient (Wildman–Crippen LogP) is 2.66. The minimum atomic E-state index is -0.947. The molecule has 3 rings (SSSR count). The minimum Gasteiger partial charge on any atom is -0.487 e. The van der Waals surface area contributed by atoms with Crippen molar-refractivity contribution in [1.29, 1.82) is 0 Å². The van der Waals surface area contributed by atoms with E-state index in [0.29, 0.717) is 37.3 Å². The van der Waals surface area contributed by atoms with Gasteiger partial charge in [-0.25, -0.2) is 4.79 Å². The Kier molecular flexibility index (Phi) is 4.97. The number of carboxylic acid groups (broad SMARTS) is 1. The Morgan fingerprint density at radius 3 is 2.88 bits per heavy atom. The van der Waals surface area contributed by atoms with Gasteiger partial charge in [-0.05, 0) is 49.6 Å². The first kappa shape index (κ1) is 17.0. The van der Waals surface area contributed by atoms with Gasteiger partial charge in [-0.1, -0.05) is 12.1 Å². The van der Waals surface area contributed by atoms with Crippen LogP contribution in [-0.2, 0) is 11.4 Å². The molecule has 1 amide bonds. The van der Waals surface area contributed by atoms with E-state index >= 15 is 0 Å². The number of benzene rings is 1. The van der Waals surface area contributed by atoms with Crippen LogP contribution >= 0.6 is 0 Å². The second kappa shape index (κ2) is 7.34. The lowest BCUT2D eigenvalue weighted by atomic mass is 10.1. The topological polar surface area (TPSA) is 79.7 Å². The van der Waals surface area contributed by atoms with E-state index in [4.69, 9.17) is 4.74 Å². The molecule has 0 spiro atoms. The van der Waals surface area contributed by atoms with E-state index in [1.165, 1.54) is 4.90 Å². The van der Waals surface area contributed by atoms with Crippen LogP contribution in [0.1, 0.15) is 34.5 Å². The van der Waals surface area contributed by atoms with Crippen molar-refractivity contribution in [3.05, 3.63) is 59.4 Å². The van der Waals surface area contributed by atoms with Gasteiger partial charge in [-0.15, -0.1) is 0 Å². The van der Waals surface area contributed by atoms with Crippen molar-refractivity contribution >= 4 is 11.9 Å². The molecule has 1 saturated heterocycles. The Hall–Kier alpha value is -2.89. The van der Waals surface area contributed by atoms with Gasteiger partial charge in [0.05, 0.1) is 6.20 Å². The first-order valence-corrected chi connectivity index (χ1v) is 8.23. The quantitative estimate of drug-likeness (QED) is 0.905. The monoisotopic (exact) mass is 340 g/mol. The number of aromatic nitrogens is 1. The normalized spacial score (nSPS) is 16.7. The SMILES string of the molecule is Cc1ccc(OCc2cccc(C(=O)N3CCC[C@H]3C(=O)O)c2)cn1. The molecule has 0 saturated carbocycles. The number of nitrogens with zero attached hydrogens (tertiary/aromatic N) is 2. The van der Waals surface area contributed by atoms with Gasteiger partial charge in [0.25, 0.3) is 5.91 Å². The van der Waals surface area contributed by atoms with E-state index in [9.17, 15) is 14.7 Å². The van der Waals surface area contributed by atoms with E-state index in [2.05, 4.69) is 4.98 Å². The fourth-order valence-corrected chi connectivity index (χ4v) is 2.93. The molecule has 6 heteroatoms. The summed E-state index contributed by atoms with van der Waals surface area (Å²) in [5.41, 5.74) is 2.24. The van der Waals surface area contributed by atoms with Gasteiger partial charge < -0.3 is 14.7 Å². The van der Waals surface area contributed by atoms with Gasteiger partial charge in [0.2, 0.25) is 0 Å². The van der Waals surface area contributed by atoms with Gasteiger partial charge in [0.15, 0.2) is 0 Å². The maximum absolute atomic E-state index is 12.6. The largest absolute Gasteiger partial charge is 0.487 e. The van der Waals surface area contributed by atoms with Crippen molar-refractivity contribution in [2.45, 2.75) is 32.4 Å². The highest BCUT2D eigenvalue weighted by Crippen LogP contribution is 2.21. The number of aryl methyl sites for hydroxylation is 1. The van der Waals surface area contributed by atoms with Gasteiger partial charge in [0.1, 0.15) is 18.4 Å². The van der Waals surface area contributed by atoms with E-state index < -0.39 is 12.0 Å². The third-order valence-electron chi connectivity index (χ3n) is 4.26. The Morgan fingerprint density at radius 2 is 2.16 bits per heavy atom. The molecule has 0 unspecified atom stereocenters. The van der Waals surface area contributed by atoms with Crippen LogP contribution in [-0.4, -0.2) is 39.5 Å². The third kappa shape index (κ3) is 3.96. The fraction of sp³-hybridized carbons (Fsp3) is 0.316. The number of amides is 1. The van der Waals surface area contributed by atoms with Crippen molar-refractivity contribution < 1.29 is 19.4 Å². The van der Waals surface area contributed by atoms with Crippen LogP contribution in [0.5, 0.6) is 5.75 Å². The molecule has 0 bridgehead atoms. The zero-order valence-corrected chi connectivity index (χ0v) is 14.0. The molecule has 6 nitrogen and oxygen atoms in total. The van der Waals surface area contributed by atoms with E-state index in [1.807, 2.05) is 25.1 Å². The molecule has 1 N–H and O–H groups in total. The number of pyridine rings is 1. The maximum Gasteiger partial charge on any atom is 0.326 e. The zero-order chi connectivity index (χ0) is 17.8. The highest BCUT2D eigenvalue weighted by molar-refractivity contribution is 5.97. The number of rotatable bonds is 5. The van der Waals surface area contributed by atoms with Crippen LogP contribution in [0.2, 0.25) is 0 Å². The molecular formula is C19H20N2O4. The summed E-state index contributed by atoms with van der Waals surface area (Å²) in [7, 11) is 0. The summed E-state index contributed by atoms with van der Waals surface area (Å²) in [6.07, 6.45) is 2.88. The number of hydrogen-bond donors (Lipinski definition) is 1.